The topological polar surface area (TPSA) is 43.7 Å². The molecule has 0 radical (unpaired) electrons. The highest BCUT2D eigenvalue weighted by atomic mass is 79.9. The fourth-order valence-electron chi connectivity index (χ4n) is 3.61. The largest absolute Gasteiger partial charge is 0.507 e. The molecule has 3 nitrogen and oxygen atoms in total. The fraction of sp³-hybridized carbons (Fsp3) is 0.280. The van der Waals surface area contributed by atoms with E-state index in [1.807, 2.05) is 55.5 Å². The molecule has 152 valence electrons. The number of likely N-dealkylation sites (N-methyl/N-ethyl adjacent to an activating group) is 1. The number of rotatable bonds is 7. The standard InChI is InChI=1S/C25H28BrNO2/c1-17-13-20(24(28)22(15-17)19-7-5-4-6-8-19)9-11-27(3)12-10-21-14-18(2)16-23(26)25(21)29/h4-8,13-16,28-29H,9-12H2,1-3H3. The van der Waals surface area contributed by atoms with E-state index in [0.29, 0.717) is 11.5 Å². The second-order valence-corrected chi connectivity index (χ2v) is 8.60. The second kappa shape index (κ2) is 9.47. The van der Waals surface area contributed by atoms with Crippen molar-refractivity contribution in [1.82, 2.24) is 4.90 Å². The normalized spacial score (nSPS) is 11.2. The van der Waals surface area contributed by atoms with Gasteiger partial charge < -0.3 is 15.1 Å². The van der Waals surface area contributed by atoms with Gasteiger partial charge in [-0.3, -0.25) is 0 Å². The maximum atomic E-state index is 10.8. The Morgan fingerprint density at radius 3 is 1.97 bits per heavy atom. The first-order valence-electron chi connectivity index (χ1n) is 9.89. The molecular formula is C25H28BrNO2. The zero-order valence-corrected chi connectivity index (χ0v) is 18.8. The minimum Gasteiger partial charge on any atom is -0.507 e. The molecule has 3 aromatic carbocycles. The Labute approximate surface area is 181 Å². The molecule has 3 rings (SSSR count). The van der Waals surface area contributed by atoms with Gasteiger partial charge >= 0.3 is 0 Å². The van der Waals surface area contributed by atoms with E-state index >= 15 is 0 Å². The summed E-state index contributed by atoms with van der Waals surface area (Å²) < 4.78 is 0.744. The van der Waals surface area contributed by atoms with Crippen molar-refractivity contribution < 1.29 is 10.2 Å². The molecule has 0 amide bonds. The third-order valence-electron chi connectivity index (χ3n) is 5.23. The highest BCUT2D eigenvalue weighted by Gasteiger charge is 2.12. The van der Waals surface area contributed by atoms with Gasteiger partial charge in [0.15, 0.2) is 0 Å². The average molecular weight is 454 g/mol. The van der Waals surface area contributed by atoms with Crippen molar-refractivity contribution in [3.8, 4) is 22.6 Å². The highest BCUT2D eigenvalue weighted by Crippen LogP contribution is 2.34. The van der Waals surface area contributed by atoms with Gasteiger partial charge in [0.25, 0.3) is 0 Å². The van der Waals surface area contributed by atoms with E-state index in [2.05, 4.69) is 40.9 Å². The van der Waals surface area contributed by atoms with Crippen LogP contribution in [0.2, 0.25) is 0 Å². The van der Waals surface area contributed by atoms with Gasteiger partial charge in [0.1, 0.15) is 11.5 Å². The molecule has 0 saturated heterocycles. The van der Waals surface area contributed by atoms with Crippen LogP contribution in [0.3, 0.4) is 0 Å². The Kier molecular flexibility index (Phi) is 6.99. The van der Waals surface area contributed by atoms with Crippen LogP contribution in [0.15, 0.2) is 59.1 Å². The predicted molar refractivity (Wildman–Crippen MR) is 124 cm³/mol. The molecule has 0 saturated carbocycles. The van der Waals surface area contributed by atoms with Crippen molar-refractivity contribution in [3.05, 3.63) is 81.3 Å². The molecule has 2 N–H and O–H groups in total. The quantitative estimate of drug-likeness (QED) is 0.470. The van der Waals surface area contributed by atoms with Gasteiger partial charge in [0.2, 0.25) is 0 Å². The van der Waals surface area contributed by atoms with Gasteiger partial charge in [-0.25, -0.2) is 0 Å². The smallest absolute Gasteiger partial charge is 0.133 e. The van der Waals surface area contributed by atoms with Crippen molar-refractivity contribution >= 4 is 15.9 Å². The first-order chi connectivity index (χ1) is 13.8. The highest BCUT2D eigenvalue weighted by molar-refractivity contribution is 9.10. The molecule has 0 unspecified atom stereocenters. The third-order valence-corrected chi connectivity index (χ3v) is 5.83. The molecule has 0 bridgehead atoms. The Balaban J connectivity index is 1.66. The molecule has 0 heterocycles. The summed E-state index contributed by atoms with van der Waals surface area (Å²) in [6.07, 6.45) is 1.55. The van der Waals surface area contributed by atoms with Crippen molar-refractivity contribution in [2.45, 2.75) is 26.7 Å². The molecule has 0 fully saturated rings. The van der Waals surface area contributed by atoms with E-state index in [9.17, 15) is 10.2 Å². The average Bonchev–Trinajstić information content (AvgIpc) is 2.70. The van der Waals surface area contributed by atoms with Gasteiger partial charge in [-0.2, -0.15) is 0 Å². The molecule has 4 heteroatoms. The SMILES string of the molecule is Cc1cc(Br)c(O)c(CCN(C)CCc2cc(C)cc(-c3ccccc3)c2O)c1. The van der Waals surface area contributed by atoms with Crippen LogP contribution in [0.4, 0.5) is 0 Å². The van der Waals surface area contributed by atoms with Crippen LogP contribution in [0.25, 0.3) is 11.1 Å². The van der Waals surface area contributed by atoms with Crippen molar-refractivity contribution in [1.29, 1.82) is 0 Å². The summed E-state index contributed by atoms with van der Waals surface area (Å²) in [5.41, 5.74) is 6.12. The van der Waals surface area contributed by atoms with Crippen LogP contribution in [0.5, 0.6) is 11.5 Å². The van der Waals surface area contributed by atoms with Crippen molar-refractivity contribution in [2.24, 2.45) is 0 Å². The number of halogens is 1. The molecule has 0 aliphatic heterocycles. The number of phenolic OH excluding ortho intramolecular Hbond substituents is 2. The lowest BCUT2D eigenvalue weighted by Crippen LogP contribution is -2.24. The van der Waals surface area contributed by atoms with E-state index < -0.39 is 0 Å². The Morgan fingerprint density at radius 1 is 0.793 bits per heavy atom. The van der Waals surface area contributed by atoms with Gasteiger partial charge in [-0.15, -0.1) is 0 Å². The third kappa shape index (κ3) is 5.40. The lowest BCUT2D eigenvalue weighted by atomic mass is 9.97. The minimum absolute atomic E-state index is 0.327. The van der Waals surface area contributed by atoms with Crippen LogP contribution in [-0.2, 0) is 12.8 Å². The molecule has 0 spiro atoms. The Hall–Kier alpha value is -2.30. The zero-order valence-electron chi connectivity index (χ0n) is 17.2. The lowest BCUT2D eigenvalue weighted by molar-refractivity contribution is 0.338. The van der Waals surface area contributed by atoms with E-state index in [-0.39, 0.29) is 0 Å². The fourth-order valence-corrected chi connectivity index (χ4v) is 4.23. The van der Waals surface area contributed by atoms with E-state index in [1.165, 1.54) is 0 Å². The minimum atomic E-state index is 0.327. The summed E-state index contributed by atoms with van der Waals surface area (Å²) >= 11 is 3.41. The van der Waals surface area contributed by atoms with Gasteiger partial charge in [-0.05, 0) is 89.6 Å². The summed E-state index contributed by atoms with van der Waals surface area (Å²) in [4.78, 5) is 2.24. The van der Waals surface area contributed by atoms with Crippen molar-refractivity contribution in [2.75, 3.05) is 20.1 Å². The summed E-state index contributed by atoms with van der Waals surface area (Å²) in [5, 5.41) is 21.1. The number of aryl methyl sites for hydroxylation is 2. The number of phenols is 2. The van der Waals surface area contributed by atoms with Gasteiger partial charge in [-0.1, -0.05) is 42.5 Å². The van der Waals surface area contributed by atoms with E-state index in [0.717, 1.165) is 63.8 Å². The van der Waals surface area contributed by atoms with Gasteiger partial charge in [0.05, 0.1) is 4.47 Å². The van der Waals surface area contributed by atoms with E-state index in [1.54, 1.807) is 0 Å². The summed E-state index contributed by atoms with van der Waals surface area (Å²) in [5.74, 6) is 0.697. The molecule has 0 aromatic heterocycles. The van der Waals surface area contributed by atoms with Crippen LogP contribution >= 0.6 is 15.9 Å². The summed E-state index contributed by atoms with van der Waals surface area (Å²) in [6, 6.07) is 18.1. The number of hydrogen-bond acceptors (Lipinski definition) is 3. The zero-order chi connectivity index (χ0) is 21.0. The first kappa shape index (κ1) is 21.4. The molecule has 0 atom stereocenters. The summed E-state index contributed by atoms with van der Waals surface area (Å²) in [7, 11) is 2.08. The number of benzene rings is 3. The molecule has 29 heavy (non-hydrogen) atoms. The maximum absolute atomic E-state index is 10.8. The van der Waals surface area contributed by atoms with Crippen LogP contribution in [0.1, 0.15) is 22.3 Å². The second-order valence-electron chi connectivity index (χ2n) is 7.74. The first-order valence-corrected chi connectivity index (χ1v) is 10.7. The molecule has 0 aliphatic carbocycles. The number of aromatic hydroxyl groups is 2. The van der Waals surface area contributed by atoms with Crippen LogP contribution < -0.4 is 0 Å². The van der Waals surface area contributed by atoms with E-state index in [4.69, 9.17) is 0 Å². The molecule has 0 aliphatic rings. The Morgan fingerprint density at radius 2 is 1.34 bits per heavy atom. The molecule has 3 aromatic rings. The maximum Gasteiger partial charge on any atom is 0.133 e. The monoisotopic (exact) mass is 453 g/mol. The van der Waals surface area contributed by atoms with Gasteiger partial charge in [0, 0.05) is 18.7 Å². The number of hydrogen-bond donors (Lipinski definition) is 2. The lowest BCUT2D eigenvalue weighted by Gasteiger charge is -2.19. The van der Waals surface area contributed by atoms with Crippen LogP contribution in [0, 0.1) is 13.8 Å². The van der Waals surface area contributed by atoms with Crippen molar-refractivity contribution in [3.63, 3.8) is 0 Å². The number of nitrogens with zero attached hydrogens (tertiary/aromatic N) is 1. The molecular weight excluding hydrogens is 426 g/mol. The Bertz CT molecular complexity index is 986. The van der Waals surface area contributed by atoms with Crippen LogP contribution in [-0.4, -0.2) is 35.3 Å². The predicted octanol–water partition coefficient (Wildman–Crippen LogP) is 5.86. The summed E-state index contributed by atoms with van der Waals surface area (Å²) in [6.45, 7) is 5.76.